The fourth-order valence-electron chi connectivity index (χ4n) is 2.87. The maximum atomic E-state index is 14.1. The lowest BCUT2D eigenvalue weighted by Gasteiger charge is -2.08. The van der Waals surface area contributed by atoms with E-state index in [1.54, 1.807) is 40.7 Å². The Hall–Kier alpha value is -2.93. The Morgan fingerprint density at radius 1 is 1.29 bits per heavy atom. The number of halogens is 2. The van der Waals surface area contributed by atoms with Gasteiger partial charge in [-0.1, -0.05) is 17.7 Å². The van der Waals surface area contributed by atoms with Crippen LogP contribution in [-0.2, 0) is 18.4 Å². The van der Waals surface area contributed by atoms with E-state index in [9.17, 15) is 9.18 Å². The number of aromatic nitrogens is 4. The molecule has 0 radical (unpaired) electrons. The van der Waals surface area contributed by atoms with E-state index in [-0.39, 0.29) is 18.3 Å². The Kier molecular flexibility index (Phi) is 5.65. The Balaban J connectivity index is 1.78. The molecule has 0 unspecified atom stereocenters. The molecule has 146 valence electrons. The van der Waals surface area contributed by atoms with Crippen LogP contribution in [0.25, 0.3) is 6.08 Å². The molecule has 28 heavy (non-hydrogen) atoms. The molecule has 2 aromatic heterocycles. The predicted molar refractivity (Wildman–Crippen MR) is 108 cm³/mol. The first-order valence-electron chi connectivity index (χ1n) is 8.72. The molecule has 0 atom stereocenters. The number of anilines is 1. The van der Waals surface area contributed by atoms with Crippen molar-refractivity contribution in [2.45, 2.75) is 27.3 Å². The van der Waals surface area contributed by atoms with Gasteiger partial charge in [0.15, 0.2) is 0 Å². The van der Waals surface area contributed by atoms with Crippen molar-refractivity contribution in [1.82, 2.24) is 19.6 Å². The average molecular weight is 402 g/mol. The lowest BCUT2D eigenvalue weighted by atomic mass is 10.2. The van der Waals surface area contributed by atoms with Crippen LogP contribution in [-0.4, -0.2) is 25.5 Å². The molecule has 0 aliphatic carbocycles. The van der Waals surface area contributed by atoms with Gasteiger partial charge in [-0.15, -0.1) is 0 Å². The quantitative estimate of drug-likeness (QED) is 0.656. The molecule has 1 amide bonds. The average Bonchev–Trinajstić information content (AvgIpc) is 3.10. The number of amides is 1. The largest absolute Gasteiger partial charge is 0.319 e. The standard InChI is InChI=1S/C20H21ClFN5O/c1-12-20(24-19(28)9-8-15-10-23-26(4)13(15)2)14(3)27(25-12)11-16-17(21)6-5-7-18(16)22/h5-10H,11H2,1-4H3,(H,24,28)/b9-8-. The lowest BCUT2D eigenvalue weighted by molar-refractivity contribution is -0.111. The summed E-state index contributed by atoms with van der Waals surface area (Å²) in [6, 6.07) is 4.56. The van der Waals surface area contributed by atoms with E-state index in [4.69, 9.17) is 11.6 Å². The Labute approximate surface area is 167 Å². The van der Waals surface area contributed by atoms with Gasteiger partial charge < -0.3 is 5.32 Å². The molecule has 1 N–H and O–H groups in total. The lowest BCUT2D eigenvalue weighted by Crippen LogP contribution is -2.10. The number of hydrogen-bond donors (Lipinski definition) is 1. The van der Waals surface area contributed by atoms with E-state index in [1.807, 2.05) is 20.9 Å². The summed E-state index contributed by atoms with van der Waals surface area (Å²) in [5, 5.41) is 11.7. The Morgan fingerprint density at radius 2 is 2.04 bits per heavy atom. The maximum Gasteiger partial charge on any atom is 0.248 e. The van der Waals surface area contributed by atoms with E-state index in [0.717, 1.165) is 17.0 Å². The minimum absolute atomic E-state index is 0.179. The highest BCUT2D eigenvalue weighted by Crippen LogP contribution is 2.24. The van der Waals surface area contributed by atoms with Crippen molar-refractivity contribution in [3.05, 3.63) is 69.5 Å². The SMILES string of the molecule is Cc1nn(Cc2c(F)cccc2Cl)c(C)c1NC(=O)/C=C\c1cnn(C)c1C. The number of nitrogens with zero attached hydrogens (tertiary/aromatic N) is 4. The summed E-state index contributed by atoms with van der Waals surface area (Å²) in [7, 11) is 1.84. The van der Waals surface area contributed by atoms with Gasteiger partial charge in [-0.3, -0.25) is 14.2 Å². The van der Waals surface area contributed by atoms with E-state index in [0.29, 0.717) is 22.0 Å². The van der Waals surface area contributed by atoms with Crippen molar-refractivity contribution in [3.63, 3.8) is 0 Å². The monoisotopic (exact) mass is 401 g/mol. The normalized spacial score (nSPS) is 11.4. The molecule has 0 bridgehead atoms. The van der Waals surface area contributed by atoms with Crippen LogP contribution in [0.2, 0.25) is 5.02 Å². The van der Waals surface area contributed by atoms with Crippen molar-refractivity contribution in [2.75, 3.05) is 5.32 Å². The first-order chi connectivity index (χ1) is 13.3. The molecule has 3 aromatic rings. The second-order valence-corrected chi connectivity index (χ2v) is 6.94. The smallest absolute Gasteiger partial charge is 0.248 e. The molecule has 6 nitrogen and oxygen atoms in total. The second kappa shape index (κ2) is 7.98. The zero-order valence-electron chi connectivity index (χ0n) is 16.1. The molecule has 3 rings (SSSR count). The van der Waals surface area contributed by atoms with E-state index in [1.165, 1.54) is 12.1 Å². The molecule has 0 aliphatic heterocycles. The van der Waals surface area contributed by atoms with Gasteiger partial charge in [-0.2, -0.15) is 10.2 Å². The van der Waals surface area contributed by atoms with Crippen molar-refractivity contribution in [2.24, 2.45) is 7.05 Å². The first kappa shape index (κ1) is 19.8. The molecule has 0 spiro atoms. The molecule has 8 heteroatoms. The number of hydrogen-bond acceptors (Lipinski definition) is 3. The first-order valence-corrected chi connectivity index (χ1v) is 9.10. The minimum Gasteiger partial charge on any atom is -0.319 e. The number of aryl methyl sites for hydroxylation is 2. The van der Waals surface area contributed by atoms with Crippen molar-refractivity contribution in [3.8, 4) is 0 Å². The Bertz CT molecular complexity index is 1050. The third kappa shape index (κ3) is 3.99. The second-order valence-electron chi connectivity index (χ2n) is 6.54. The molecular weight excluding hydrogens is 381 g/mol. The zero-order chi connectivity index (χ0) is 20.4. The molecular formula is C20H21ClFN5O. The fourth-order valence-corrected chi connectivity index (χ4v) is 3.10. The highest BCUT2D eigenvalue weighted by molar-refractivity contribution is 6.31. The predicted octanol–water partition coefficient (Wildman–Crippen LogP) is 4.03. The molecule has 2 heterocycles. The molecule has 1 aromatic carbocycles. The van der Waals surface area contributed by atoms with Gasteiger partial charge in [0.25, 0.3) is 0 Å². The van der Waals surface area contributed by atoms with Gasteiger partial charge in [0.05, 0.1) is 29.8 Å². The van der Waals surface area contributed by atoms with E-state index in [2.05, 4.69) is 15.5 Å². The number of nitrogens with one attached hydrogen (secondary N) is 1. The molecule has 0 saturated carbocycles. The van der Waals surface area contributed by atoms with Crippen LogP contribution in [0.4, 0.5) is 10.1 Å². The van der Waals surface area contributed by atoms with Crippen molar-refractivity contribution < 1.29 is 9.18 Å². The third-order valence-electron chi connectivity index (χ3n) is 4.69. The summed E-state index contributed by atoms with van der Waals surface area (Å²) in [5.74, 6) is -0.668. The summed E-state index contributed by atoms with van der Waals surface area (Å²) in [6.45, 7) is 5.71. The highest BCUT2D eigenvalue weighted by Gasteiger charge is 2.16. The van der Waals surface area contributed by atoms with Crippen LogP contribution in [0.15, 0.2) is 30.5 Å². The summed E-state index contributed by atoms with van der Waals surface area (Å²) in [5.41, 5.74) is 4.16. The summed E-state index contributed by atoms with van der Waals surface area (Å²) < 4.78 is 17.4. The molecule has 0 fully saturated rings. The Morgan fingerprint density at radius 3 is 2.68 bits per heavy atom. The van der Waals surface area contributed by atoms with Gasteiger partial charge in [-0.05, 0) is 39.0 Å². The summed E-state index contributed by atoms with van der Waals surface area (Å²) in [6.07, 6.45) is 4.87. The van der Waals surface area contributed by atoms with E-state index >= 15 is 0 Å². The van der Waals surface area contributed by atoms with Crippen LogP contribution >= 0.6 is 11.6 Å². The summed E-state index contributed by atoms with van der Waals surface area (Å²) in [4.78, 5) is 12.3. The van der Waals surface area contributed by atoms with Gasteiger partial charge >= 0.3 is 0 Å². The fraction of sp³-hybridized carbons (Fsp3) is 0.250. The molecule has 0 aliphatic rings. The van der Waals surface area contributed by atoms with Crippen molar-refractivity contribution >= 4 is 29.3 Å². The van der Waals surface area contributed by atoms with Gasteiger partial charge in [0.2, 0.25) is 5.91 Å². The topological polar surface area (TPSA) is 64.7 Å². The summed E-state index contributed by atoms with van der Waals surface area (Å²) >= 11 is 6.11. The van der Waals surface area contributed by atoms with Crippen LogP contribution in [0.3, 0.4) is 0 Å². The van der Waals surface area contributed by atoms with Gasteiger partial charge in [0, 0.05) is 35.0 Å². The van der Waals surface area contributed by atoms with Crippen LogP contribution in [0, 0.1) is 26.6 Å². The van der Waals surface area contributed by atoms with Crippen LogP contribution < -0.4 is 5.32 Å². The third-order valence-corrected chi connectivity index (χ3v) is 5.04. The molecule has 0 saturated heterocycles. The van der Waals surface area contributed by atoms with E-state index < -0.39 is 0 Å². The van der Waals surface area contributed by atoms with Crippen LogP contribution in [0.5, 0.6) is 0 Å². The van der Waals surface area contributed by atoms with Gasteiger partial charge in [0.1, 0.15) is 5.82 Å². The number of rotatable bonds is 5. The zero-order valence-corrected chi connectivity index (χ0v) is 16.9. The highest BCUT2D eigenvalue weighted by atomic mass is 35.5. The minimum atomic E-state index is -0.389. The van der Waals surface area contributed by atoms with Crippen molar-refractivity contribution in [1.29, 1.82) is 0 Å². The number of carbonyl (C=O) groups is 1. The van der Waals surface area contributed by atoms with Gasteiger partial charge in [-0.25, -0.2) is 4.39 Å². The van der Waals surface area contributed by atoms with Crippen LogP contribution in [0.1, 0.15) is 28.2 Å². The number of benzene rings is 1. The maximum absolute atomic E-state index is 14.1. The number of carbonyl (C=O) groups excluding carboxylic acids is 1.